The van der Waals surface area contributed by atoms with Crippen molar-refractivity contribution in [2.75, 3.05) is 4.72 Å². The van der Waals surface area contributed by atoms with Crippen LogP contribution in [0.1, 0.15) is 0 Å². The summed E-state index contributed by atoms with van der Waals surface area (Å²) in [5.74, 6) is -0.556. The monoisotopic (exact) mass is 328 g/mol. The molecule has 2 aromatic carbocycles. The summed E-state index contributed by atoms with van der Waals surface area (Å²) in [5.41, 5.74) is -0.534. The van der Waals surface area contributed by atoms with E-state index in [1.807, 2.05) is 0 Å². The van der Waals surface area contributed by atoms with Crippen LogP contribution < -0.4 is 4.72 Å². The highest BCUT2D eigenvalue weighted by molar-refractivity contribution is 7.92. The number of nitro benzene ring substituents is 1. The molecule has 2 N–H and O–H groups in total. The fourth-order valence-corrected chi connectivity index (χ4v) is 3.18. The standard InChI is InChI=1S/C12H9ClN2O5S/c13-9-3-1-2-4-12(9)21(19,20)14-10-6-5-8(15(17)18)7-11(10)16/h1-7,14,16H. The molecule has 2 aromatic rings. The van der Waals surface area contributed by atoms with Crippen molar-refractivity contribution in [3.05, 3.63) is 57.6 Å². The number of phenolic OH excluding ortho intramolecular Hbond substituents is 1. The Morgan fingerprint density at radius 2 is 1.86 bits per heavy atom. The summed E-state index contributed by atoms with van der Waals surface area (Å²) in [6, 6.07) is 8.80. The van der Waals surface area contributed by atoms with Gasteiger partial charge in [0.25, 0.3) is 15.7 Å². The number of hydrogen-bond acceptors (Lipinski definition) is 5. The van der Waals surface area contributed by atoms with Crippen LogP contribution in [0.2, 0.25) is 5.02 Å². The summed E-state index contributed by atoms with van der Waals surface area (Å²) in [5, 5.41) is 20.2. The summed E-state index contributed by atoms with van der Waals surface area (Å²) in [7, 11) is -4.01. The van der Waals surface area contributed by atoms with Crippen molar-refractivity contribution in [1.29, 1.82) is 0 Å². The number of non-ortho nitro benzene ring substituents is 1. The second kappa shape index (κ2) is 5.58. The first kappa shape index (κ1) is 15.1. The Labute approximate surface area is 125 Å². The van der Waals surface area contributed by atoms with E-state index < -0.39 is 20.7 Å². The van der Waals surface area contributed by atoms with E-state index in [1.54, 1.807) is 6.07 Å². The molecule has 0 spiro atoms. The number of nitro groups is 1. The molecule has 0 fully saturated rings. The number of rotatable bonds is 4. The second-order valence-electron chi connectivity index (χ2n) is 3.99. The highest BCUT2D eigenvalue weighted by Crippen LogP contribution is 2.31. The van der Waals surface area contributed by atoms with Crippen LogP contribution in [0, 0.1) is 10.1 Å². The Bertz CT molecular complexity index is 807. The van der Waals surface area contributed by atoms with Crippen molar-refractivity contribution < 1.29 is 18.4 Å². The van der Waals surface area contributed by atoms with Gasteiger partial charge >= 0.3 is 0 Å². The van der Waals surface area contributed by atoms with Crippen LogP contribution in [-0.4, -0.2) is 18.4 Å². The van der Waals surface area contributed by atoms with E-state index in [1.165, 1.54) is 18.2 Å². The first-order valence-electron chi connectivity index (χ1n) is 5.56. The number of nitrogens with one attached hydrogen (secondary N) is 1. The molecule has 0 saturated heterocycles. The van der Waals surface area contributed by atoms with Gasteiger partial charge < -0.3 is 5.11 Å². The van der Waals surface area contributed by atoms with E-state index in [-0.39, 0.29) is 21.3 Å². The molecule has 0 atom stereocenters. The number of phenols is 1. The number of benzene rings is 2. The summed E-state index contributed by atoms with van der Waals surface area (Å²) < 4.78 is 26.4. The van der Waals surface area contributed by atoms with Crippen molar-refractivity contribution in [2.45, 2.75) is 4.90 Å². The van der Waals surface area contributed by atoms with Crippen LogP contribution in [0.4, 0.5) is 11.4 Å². The average molecular weight is 329 g/mol. The van der Waals surface area contributed by atoms with Gasteiger partial charge in [-0.3, -0.25) is 14.8 Å². The lowest BCUT2D eigenvalue weighted by Gasteiger charge is -2.10. The fraction of sp³-hybridized carbons (Fsp3) is 0. The van der Waals surface area contributed by atoms with E-state index >= 15 is 0 Å². The summed E-state index contributed by atoms with van der Waals surface area (Å²) in [6.07, 6.45) is 0. The Balaban J connectivity index is 2.38. The van der Waals surface area contributed by atoms with Crippen molar-refractivity contribution >= 4 is 33.0 Å². The number of hydrogen-bond donors (Lipinski definition) is 2. The topological polar surface area (TPSA) is 110 Å². The molecule has 0 radical (unpaired) electrons. The predicted molar refractivity (Wildman–Crippen MR) is 77.0 cm³/mol. The fourth-order valence-electron chi connectivity index (χ4n) is 1.58. The Hall–Kier alpha value is -2.32. The van der Waals surface area contributed by atoms with E-state index in [0.29, 0.717) is 0 Å². The number of nitrogens with zero attached hydrogens (tertiary/aromatic N) is 1. The summed E-state index contributed by atoms with van der Waals surface area (Å²) >= 11 is 5.81. The minimum atomic E-state index is -4.01. The maximum Gasteiger partial charge on any atom is 0.273 e. The van der Waals surface area contributed by atoms with E-state index in [4.69, 9.17) is 11.6 Å². The van der Waals surface area contributed by atoms with Gasteiger partial charge in [-0.15, -0.1) is 0 Å². The maximum atomic E-state index is 12.2. The zero-order valence-corrected chi connectivity index (χ0v) is 11.9. The van der Waals surface area contributed by atoms with Gasteiger partial charge in [-0.2, -0.15) is 0 Å². The molecule has 0 aliphatic rings. The predicted octanol–water partition coefficient (Wildman–Crippen LogP) is 2.75. The smallest absolute Gasteiger partial charge is 0.273 e. The molecule has 0 bridgehead atoms. The maximum absolute atomic E-state index is 12.2. The molecule has 0 heterocycles. The van der Waals surface area contributed by atoms with Crippen LogP contribution in [0.3, 0.4) is 0 Å². The first-order chi connectivity index (χ1) is 9.81. The van der Waals surface area contributed by atoms with Crippen molar-refractivity contribution in [3.8, 4) is 5.75 Å². The normalized spacial score (nSPS) is 11.1. The minimum absolute atomic E-state index is 0.0198. The van der Waals surface area contributed by atoms with Crippen molar-refractivity contribution in [2.24, 2.45) is 0 Å². The lowest BCUT2D eigenvalue weighted by atomic mass is 10.2. The zero-order valence-electron chi connectivity index (χ0n) is 10.4. The SMILES string of the molecule is O=[N+]([O-])c1ccc(NS(=O)(=O)c2ccccc2Cl)c(O)c1. The Morgan fingerprint density at radius 1 is 1.19 bits per heavy atom. The van der Waals surface area contributed by atoms with E-state index in [9.17, 15) is 23.6 Å². The van der Waals surface area contributed by atoms with Crippen molar-refractivity contribution in [1.82, 2.24) is 0 Å². The van der Waals surface area contributed by atoms with Crippen LogP contribution in [0.15, 0.2) is 47.4 Å². The molecule has 7 nitrogen and oxygen atoms in total. The van der Waals surface area contributed by atoms with Crippen molar-refractivity contribution in [3.63, 3.8) is 0 Å². The van der Waals surface area contributed by atoms with Crippen LogP contribution in [0.5, 0.6) is 5.75 Å². The van der Waals surface area contributed by atoms with Crippen LogP contribution >= 0.6 is 11.6 Å². The van der Waals surface area contributed by atoms with Crippen LogP contribution in [-0.2, 0) is 10.0 Å². The molecule has 0 aliphatic carbocycles. The zero-order chi connectivity index (χ0) is 15.6. The molecule has 0 aromatic heterocycles. The highest BCUT2D eigenvalue weighted by atomic mass is 35.5. The molecule has 0 amide bonds. The quantitative estimate of drug-likeness (QED) is 0.509. The largest absolute Gasteiger partial charge is 0.505 e. The third-order valence-corrected chi connectivity index (χ3v) is 4.43. The number of anilines is 1. The van der Waals surface area contributed by atoms with Gasteiger partial charge in [0.1, 0.15) is 10.6 Å². The van der Waals surface area contributed by atoms with Gasteiger partial charge in [0.2, 0.25) is 0 Å². The van der Waals surface area contributed by atoms with E-state index in [0.717, 1.165) is 18.2 Å². The number of aromatic hydroxyl groups is 1. The summed E-state index contributed by atoms with van der Waals surface area (Å²) in [6.45, 7) is 0. The molecular formula is C12H9ClN2O5S. The molecule has 0 saturated carbocycles. The lowest BCUT2D eigenvalue weighted by Crippen LogP contribution is -2.13. The lowest BCUT2D eigenvalue weighted by molar-refractivity contribution is -0.384. The van der Waals surface area contributed by atoms with Gasteiger partial charge in [0.15, 0.2) is 0 Å². The molecule has 2 rings (SSSR count). The molecule has 0 unspecified atom stereocenters. The Kier molecular flexibility index (Phi) is 4.01. The summed E-state index contributed by atoms with van der Waals surface area (Å²) in [4.78, 5) is 9.69. The molecular weight excluding hydrogens is 320 g/mol. The average Bonchev–Trinajstić information content (AvgIpc) is 2.41. The highest BCUT2D eigenvalue weighted by Gasteiger charge is 2.20. The third-order valence-electron chi connectivity index (χ3n) is 2.56. The molecule has 9 heteroatoms. The first-order valence-corrected chi connectivity index (χ1v) is 7.42. The van der Waals surface area contributed by atoms with Gasteiger partial charge in [-0.25, -0.2) is 8.42 Å². The van der Waals surface area contributed by atoms with Gasteiger partial charge in [-0.05, 0) is 18.2 Å². The van der Waals surface area contributed by atoms with Gasteiger partial charge in [-0.1, -0.05) is 23.7 Å². The van der Waals surface area contributed by atoms with Gasteiger partial charge in [0.05, 0.1) is 21.7 Å². The Morgan fingerprint density at radius 3 is 2.43 bits per heavy atom. The second-order valence-corrected chi connectivity index (χ2v) is 6.05. The van der Waals surface area contributed by atoms with Crippen LogP contribution in [0.25, 0.3) is 0 Å². The van der Waals surface area contributed by atoms with E-state index in [2.05, 4.69) is 4.72 Å². The number of sulfonamides is 1. The molecule has 0 aliphatic heterocycles. The minimum Gasteiger partial charge on any atom is -0.505 e. The molecule has 21 heavy (non-hydrogen) atoms. The number of halogens is 1. The molecule has 110 valence electrons. The van der Waals surface area contributed by atoms with Gasteiger partial charge in [0, 0.05) is 6.07 Å². The third kappa shape index (κ3) is 3.23.